The SMILES string of the molecule is c1ccc2c(c1)=NN=[N+]=[N+]=2. The Morgan fingerprint density at radius 2 is 2.10 bits per heavy atom. The Bertz CT molecular complexity index is 435. The maximum Gasteiger partial charge on any atom is 0.511 e. The van der Waals surface area contributed by atoms with Crippen LogP contribution in [0.4, 0.5) is 0 Å². The maximum atomic E-state index is 3.76. The normalized spacial score (nSPS) is 11.6. The van der Waals surface area contributed by atoms with Crippen molar-refractivity contribution in [2.45, 2.75) is 0 Å². The van der Waals surface area contributed by atoms with Crippen molar-refractivity contribution >= 4 is 0 Å². The molecule has 2 rings (SSSR count). The third-order valence-corrected chi connectivity index (χ3v) is 1.23. The number of hydrogen-bond donors (Lipinski definition) is 0. The lowest BCUT2D eigenvalue weighted by molar-refractivity contribution is -0.160. The van der Waals surface area contributed by atoms with E-state index in [1.54, 1.807) is 0 Å². The van der Waals surface area contributed by atoms with Crippen LogP contribution in [0.3, 0.4) is 0 Å². The Morgan fingerprint density at radius 3 is 3.00 bits per heavy atom. The summed E-state index contributed by atoms with van der Waals surface area (Å²) in [6.45, 7) is 0. The lowest BCUT2D eigenvalue weighted by atomic mass is 10.3. The van der Waals surface area contributed by atoms with Crippen LogP contribution in [0, 0.1) is 0 Å². The van der Waals surface area contributed by atoms with Crippen LogP contribution >= 0.6 is 0 Å². The fraction of sp³-hybridized carbons (Fsp3) is 0. The average molecular weight is 132 g/mol. The second kappa shape index (κ2) is 1.88. The lowest BCUT2D eigenvalue weighted by Gasteiger charge is -1.67. The summed E-state index contributed by atoms with van der Waals surface area (Å²) in [7, 11) is 0. The van der Waals surface area contributed by atoms with Gasteiger partial charge >= 0.3 is 20.8 Å². The predicted octanol–water partition coefficient (Wildman–Crippen LogP) is -0.966. The maximum absolute atomic E-state index is 3.76. The number of fused-ring (bicyclic) bond motifs is 1. The molecule has 1 aliphatic rings. The number of nitrogens with zero attached hydrogens (tertiary/aromatic N) is 4. The molecule has 0 aromatic heterocycles. The molecule has 0 radical (unpaired) electrons. The molecule has 1 aliphatic heterocycles. The molecule has 10 heavy (non-hydrogen) atoms. The van der Waals surface area contributed by atoms with Crippen molar-refractivity contribution in [1.82, 2.24) is 4.91 Å². The summed E-state index contributed by atoms with van der Waals surface area (Å²) in [6.07, 6.45) is 0. The van der Waals surface area contributed by atoms with Crippen molar-refractivity contribution in [2.75, 3.05) is 0 Å². The van der Waals surface area contributed by atoms with Crippen LogP contribution in [-0.4, -0.2) is 4.79 Å². The zero-order valence-electron chi connectivity index (χ0n) is 5.10. The van der Waals surface area contributed by atoms with Crippen molar-refractivity contribution in [3.63, 3.8) is 0 Å². The minimum absolute atomic E-state index is 0.775. The molecule has 0 atom stereocenters. The molecule has 0 aliphatic carbocycles. The van der Waals surface area contributed by atoms with Gasteiger partial charge in [-0.3, -0.25) is 0 Å². The highest BCUT2D eigenvalue weighted by Crippen LogP contribution is 1.70. The van der Waals surface area contributed by atoms with Crippen LogP contribution in [0.1, 0.15) is 0 Å². The van der Waals surface area contributed by atoms with Crippen LogP contribution in [0.15, 0.2) is 34.6 Å². The number of hydrogen-bond acceptors (Lipinski definition) is 2. The van der Waals surface area contributed by atoms with Gasteiger partial charge in [0, 0.05) is 12.1 Å². The highest BCUT2D eigenvalue weighted by molar-refractivity contribution is 4.98. The monoisotopic (exact) mass is 132 g/mol. The van der Waals surface area contributed by atoms with E-state index in [4.69, 9.17) is 0 Å². The Kier molecular flexibility index (Phi) is 0.952. The van der Waals surface area contributed by atoms with E-state index >= 15 is 0 Å². The standard InChI is InChI=1S/C6H4N4/c1-2-4-6-5(3-1)7-9-10-8-6/h1-4H/q+2. The van der Waals surface area contributed by atoms with Gasteiger partial charge in [-0.1, -0.05) is 12.1 Å². The van der Waals surface area contributed by atoms with Crippen LogP contribution < -0.4 is 15.6 Å². The Balaban J connectivity index is 3.13. The summed E-state index contributed by atoms with van der Waals surface area (Å²) in [5.74, 6) is 0. The van der Waals surface area contributed by atoms with Crippen LogP contribution in [0.5, 0.6) is 0 Å². The van der Waals surface area contributed by atoms with Gasteiger partial charge in [-0.15, -0.1) is 0 Å². The molecule has 1 aromatic carbocycles. The van der Waals surface area contributed by atoms with E-state index < -0.39 is 0 Å². The van der Waals surface area contributed by atoms with E-state index in [9.17, 15) is 0 Å². The first-order valence-corrected chi connectivity index (χ1v) is 2.87. The molecule has 1 aromatic rings. The summed E-state index contributed by atoms with van der Waals surface area (Å²) in [5.41, 5.74) is 0. The van der Waals surface area contributed by atoms with Gasteiger partial charge < -0.3 is 0 Å². The van der Waals surface area contributed by atoms with Crippen molar-refractivity contribution in [3.8, 4) is 0 Å². The Hall–Kier alpha value is -1.76. The molecule has 0 fully saturated rings. The van der Waals surface area contributed by atoms with Crippen molar-refractivity contribution in [3.05, 3.63) is 35.0 Å². The van der Waals surface area contributed by atoms with E-state index in [0.29, 0.717) is 0 Å². The minimum Gasteiger partial charge on any atom is -0.0573 e. The van der Waals surface area contributed by atoms with Gasteiger partial charge in [-0.25, -0.2) is 0 Å². The van der Waals surface area contributed by atoms with Gasteiger partial charge in [-0.05, 0) is 0 Å². The predicted molar refractivity (Wildman–Crippen MR) is 31.1 cm³/mol. The molecular formula is C6H4N4+2. The Morgan fingerprint density at radius 1 is 1.20 bits per heavy atom. The third-order valence-electron chi connectivity index (χ3n) is 1.23. The van der Waals surface area contributed by atoms with Gasteiger partial charge in [-0.2, -0.15) is 0 Å². The van der Waals surface area contributed by atoms with E-state index in [0.717, 1.165) is 10.7 Å². The van der Waals surface area contributed by atoms with Gasteiger partial charge in [0.25, 0.3) is 0 Å². The second-order valence-electron chi connectivity index (χ2n) is 1.87. The third kappa shape index (κ3) is 0.650. The summed E-state index contributed by atoms with van der Waals surface area (Å²) in [6, 6.07) is 7.46. The van der Waals surface area contributed by atoms with E-state index in [-0.39, 0.29) is 0 Å². The highest BCUT2D eigenvalue weighted by atomic mass is 15.4. The molecule has 4 nitrogen and oxygen atoms in total. The zero-order chi connectivity index (χ0) is 6.81. The lowest BCUT2D eigenvalue weighted by Crippen LogP contribution is -2.27. The van der Waals surface area contributed by atoms with Crippen LogP contribution in [0.25, 0.3) is 0 Å². The largest absolute Gasteiger partial charge is 0.511 e. The summed E-state index contributed by atoms with van der Waals surface area (Å²) < 4.78 is 0. The quantitative estimate of drug-likeness (QED) is 0.408. The summed E-state index contributed by atoms with van der Waals surface area (Å²) in [4.78, 5) is 7.16. The van der Waals surface area contributed by atoms with Gasteiger partial charge in [0.05, 0.1) is 4.79 Å². The van der Waals surface area contributed by atoms with Gasteiger partial charge in [0.1, 0.15) is 0 Å². The topological polar surface area (TPSA) is 52.9 Å². The molecule has 4 heteroatoms. The first-order chi connectivity index (χ1) is 4.97. The van der Waals surface area contributed by atoms with Crippen LogP contribution in [0.2, 0.25) is 0 Å². The molecule has 0 saturated carbocycles. The van der Waals surface area contributed by atoms with Gasteiger partial charge in [0.15, 0.2) is 0 Å². The van der Waals surface area contributed by atoms with Crippen molar-refractivity contribution < 1.29 is 4.79 Å². The van der Waals surface area contributed by atoms with Crippen molar-refractivity contribution in [2.24, 2.45) is 10.3 Å². The Labute approximate surface area is 56.0 Å². The summed E-state index contributed by atoms with van der Waals surface area (Å²) >= 11 is 0. The summed E-state index contributed by atoms with van der Waals surface area (Å²) in [5, 5.41) is 8.71. The van der Waals surface area contributed by atoms with E-state index in [2.05, 4.69) is 20.0 Å². The minimum atomic E-state index is 0.775. The molecule has 46 valence electrons. The fourth-order valence-electron chi connectivity index (χ4n) is 0.770. The van der Waals surface area contributed by atoms with Crippen molar-refractivity contribution in [1.29, 1.82) is 0 Å². The van der Waals surface area contributed by atoms with Crippen LogP contribution in [-0.2, 0) is 0 Å². The molecule has 0 saturated heterocycles. The number of benzene rings is 1. The molecule has 1 heterocycles. The molecule has 0 unspecified atom stereocenters. The fourth-order valence-corrected chi connectivity index (χ4v) is 0.770. The smallest absolute Gasteiger partial charge is 0.0573 e. The molecule has 0 spiro atoms. The van der Waals surface area contributed by atoms with Gasteiger partial charge in [0.2, 0.25) is 5.10 Å². The average Bonchev–Trinajstić information content (AvgIpc) is 2.05. The first-order valence-electron chi connectivity index (χ1n) is 2.87. The van der Waals surface area contributed by atoms with E-state index in [1.165, 1.54) is 0 Å². The molecule has 0 amide bonds. The number of rotatable bonds is 0. The second-order valence-corrected chi connectivity index (χ2v) is 1.87. The highest BCUT2D eigenvalue weighted by Gasteiger charge is 2.07. The first kappa shape index (κ1) is 5.06. The van der Waals surface area contributed by atoms with E-state index in [1.807, 2.05) is 24.3 Å². The molecular weight excluding hydrogens is 128 g/mol. The zero-order valence-corrected chi connectivity index (χ0v) is 5.10. The molecule has 0 bridgehead atoms. The molecule has 0 N–H and O–H groups in total.